The van der Waals surface area contributed by atoms with Gasteiger partial charge >= 0.3 is 0 Å². The monoisotopic (exact) mass is 1670 g/mol. The molecule has 0 aromatic carbocycles. The van der Waals surface area contributed by atoms with Crippen LogP contribution in [-0.2, 0) is 0 Å². The number of fused-ring (bicyclic) bond motifs is 8. The van der Waals surface area contributed by atoms with Crippen LogP contribution in [0.3, 0.4) is 0 Å². The summed E-state index contributed by atoms with van der Waals surface area (Å²) in [6.07, 6.45) is 28.2. The van der Waals surface area contributed by atoms with E-state index in [4.69, 9.17) is 20.7 Å². The Balaban J connectivity index is 0.000000117. The standard InChI is InChI=1S/C25H31N7O2.C25H31N7O.C22H25N7O.C20H20N6O/c1-16-11-20(30-7-5-19(6-8-30)29(4)9-10-33)15-31-24(34)13-21(27-25(16)31)22-12-23-18(3)26-17(2)14-32(23)28-22;1-5-8-26-19-6-9-30(10-7-19)20-11-16(2)25-28-21(13-24(33)31(25)15-20)22-12-23-18(4)27-17(3)14-32(23)29-22;1-14-12-29-19(15(2)24-14)10-18(26-29)17-11-21(30)28-13-16(4-5-20(28)25-17)27-8-6-22(3,23)7-9-27;1-13-10-25-11-15(2-3-18(25)23-13)16-8-20(27)26-12-17(22-9-19(26)24-16)14-4-6-21-7-5-14/h11-15,19,33H,5-10H2,1-4H3;11-15,19,26H,5-10H2,1-4H3;4-5,10-13H,6-9,23H2,1-3H3;2-3,8-12,14,21H,4-7H2,1H3. The molecule has 4 saturated heterocycles. The van der Waals surface area contributed by atoms with E-state index in [-0.39, 0.29) is 34.4 Å². The fourth-order valence-corrected chi connectivity index (χ4v) is 17.6. The molecule has 32 heteroatoms. The van der Waals surface area contributed by atoms with Gasteiger partial charge in [-0.3, -0.25) is 56.7 Å². The summed E-state index contributed by atoms with van der Waals surface area (Å²) in [5, 5.41) is 30.1. The molecule has 20 rings (SSSR count). The number of aliphatic hydroxyl groups excluding tert-OH is 1. The molecule has 0 atom stereocenters. The summed E-state index contributed by atoms with van der Waals surface area (Å²) in [6.45, 7) is 31.5. The lowest BCUT2D eigenvalue weighted by molar-refractivity contribution is 0.162. The fourth-order valence-electron chi connectivity index (χ4n) is 17.6. The Kier molecular flexibility index (Phi) is 23.4. The van der Waals surface area contributed by atoms with Crippen LogP contribution in [-0.4, -0.2) is 202 Å². The minimum Gasteiger partial charge on any atom is -0.395 e. The first-order chi connectivity index (χ1) is 59.7. The Hall–Kier alpha value is -12.9. The SMILES string of the molecule is CCCNC1CCN(c2cc(C)c3nc(-c4cc5c(C)nc(C)cn5n4)cc(=O)n3c2)CC1.Cc1cn2cc(-c3cc(=O)n4cc(C5CCNCC5)ncc4n3)ccc2n1.Cc1cn2nc(-c3cc(=O)n4cc(N5CCC(C)(N)CC5)ccc4n3)cc2c(C)n1.Cc1cn2nc(-c3cc(=O)n4cc(N5CCC(N(C)CCO)CC5)cc(C)c4n3)cc2c(C)n1. The van der Waals surface area contributed by atoms with Crippen LogP contribution < -0.4 is 53.3 Å². The molecular weight excluding hydrogens is 1560 g/mol. The van der Waals surface area contributed by atoms with Crippen molar-refractivity contribution in [3.63, 3.8) is 0 Å². The van der Waals surface area contributed by atoms with Crippen LogP contribution in [0.5, 0.6) is 0 Å². The second kappa shape index (κ2) is 34.8. The van der Waals surface area contributed by atoms with Gasteiger partial charge in [0.2, 0.25) is 0 Å². The maximum absolute atomic E-state index is 13.1. The molecule has 0 unspecified atom stereocenters. The molecule has 32 nitrogen and oxygen atoms in total. The normalized spacial score (nSPS) is 15.6. The Morgan fingerprint density at radius 2 is 0.935 bits per heavy atom. The van der Waals surface area contributed by atoms with E-state index in [1.165, 1.54) is 0 Å². The van der Waals surface area contributed by atoms with Crippen LogP contribution >= 0.6 is 0 Å². The number of nitrogens with zero attached hydrogens (tertiary/aromatic N) is 24. The maximum atomic E-state index is 13.1. The summed E-state index contributed by atoms with van der Waals surface area (Å²) in [7, 11) is 2.07. The van der Waals surface area contributed by atoms with E-state index >= 15 is 0 Å². The minimum absolute atomic E-state index is 0.0884. The number of imidazole rings is 1. The van der Waals surface area contributed by atoms with Crippen molar-refractivity contribution in [3.05, 3.63) is 239 Å². The molecule has 4 aliphatic rings. The smallest absolute Gasteiger partial charge is 0.258 e. The van der Waals surface area contributed by atoms with E-state index in [1.54, 1.807) is 57.1 Å². The number of pyridine rings is 4. The third-order valence-corrected chi connectivity index (χ3v) is 24.5. The highest BCUT2D eigenvalue weighted by Gasteiger charge is 2.29. The summed E-state index contributed by atoms with van der Waals surface area (Å²) in [5.41, 5.74) is 29.4. The molecule has 5 N–H and O–H groups in total. The Bertz CT molecular complexity index is 6980. The Morgan fingerprint density at radius 3 is 1.46 bits per heavy atom. The topological polar surface area (TPSA) is 342 Å². The van der Waals surface area contributed by atoms with Crippen LogP contribution in [0.1, 0.15) is 134 Å². The van der Waals surface area contributed by atoms with Gasteiger partial charge in [0, 0.05) is 136 Å². The molecule has 0 amide bonds. The molecule has 20 heterocycles. The van der Waals surface area contributed by atoms with Gasteiger partial charge in [-0.05, 0) is 219 Å². The maximum Gasteiger partial charge on any atom is 0.258 e. The van der Waals surface area contributed by atoms with Crippen molar-refractivity contribution in [2.45, 2.75) is 157 Å². The molecule has 0 bridgehead atoms. The molecule has 4 fully saturated rings. The summed E-state index contributed by atoms with van der Waals surface area (Å²) in [5.74, 6) is 0.397. The van der Waals surface area contributed by atoms with Crippen LogP contribution in [0.15, 0.2) is 160 Å². The zero-order valence-electron chi connectivity index (χ0n) is 72.5. The highest BCUT2D eigenvalue weighted by molar-refractivity contribution is 5.71. The van der Waals surface area contributed by atoms with Crippen LogP contribution in [0.4, 0.5) is 17.1 Å². The van der Waals surface area contributed by atoms with Gasteiger partial charge in [-0.2, -0.15) is 15.3 Å². The van der Waals surface area contributed by atoms with Gasteiger partial charge in [0.1, 0.15) is 39.7 Å². The average Bonchev–Trinajstić information content (AvgIpc) is 1.41. The molecule has 16 aromatic rings. The molecule has 0 saturated carbocycles. The highest BCUT2D eigenvalue weighted by Crippen LogP contribution is 2.32. The predicted molar refractivity (Wildman–Crippen MR) is 484 cm³/mol. The van der Waals surface area contributed by atoms with Gasteiger partial charge in [0.25, 0.3) is 22.2 Å². The molecule has 4 aliphatic heterocycles. The van der Waals surface area contributed by atoms with E-state index in [1.807, 2.05) is 169 Å². The second-order valence-corrected chi connectivity index (χ2v) is 34.1. The first-order valence-corrected chi connectivity index (χ1v) is 43.0. The first kappa shape index (κ1) is 83.4. The molecule has 124 heavy (non-hydrogen) atoms. The lowest BCUT2D eigenvalue weighted by Crippen LogP contribution is -2.48. The third kappa shape index (κ3) is 17.6. The van der Waals surface area contributed by atoms with E-state index in [9.17, 15) is 24.3 Å². The third-order valence-electron chi connectivity index (χ3n) is 24.5. The van der Waals surface area contributed by atoms with Gasteiger partial charge in [-0.15, -0.1) is 0 Å². The number of nitrogens with one attached hydrogen (secondary N) is 2. The average molecular weight is 1670 g/mol. The van der Waals surface area contributed by atoms with Gasteiger partial charge < -0.3 is 45.5 Å². The first-order valence-electron chi connectivity index (χ1n) is 43.0. The van der Waals surface area contributed by atoms with Crippen molar-refractivity contribution in [2.24, 2.45) is 5.73 Å². The quantitative estimate of drug-likeness (QED) is 0.0786. The van der Waals surface area contributed by atoms with Crippen molar-refractivity contribution in [2.75, 3.05) is 93.8 Å². The minimum atomic E-state index is -0.124. The number of rotatable bonds is 14. The molecule has 0 radical (unpaired) electrons. The molecule has 16 aromatic heterocycles. The molecule has 0 aliphatic carbocycles. The van der Waals surface area contributed by atoms with Gasteiger partial charge in [-0.1, -0.05) is 6.92 Å². The van der Waals surface area contributed by atoms with Gasteiger partial charge in [-0.25, -0.2) is 38.5 Å². The summed E-state index contributed by atoms with van der Waals surface area (Å²) >= 11 is 0. The summed E-state index contributed by atoms with van der Waals surface area (Å²) in [4.78, 5) is 103. The molecule has 640 valence electrons. The zero-order chi connectivity index (χ0) is 86.5. The fraction of sp³-hybridized carbons (Fsp3) is 0.391. The van der Waals surface area contributed by atoms with E-state index in [2.05, 4.69) is 108 Å². The predicted octanol–water partition coefficient (Wildman–Crippen LogP) is 10.0. The van der Waals surface area contributed by atoms with Crippen molar-refractivity contribution in [3.8, 4) is 45.4 Å². The molecular formula is C92H107N27O5. The van der Waals surface area contributed by atoms with Crippen LogP contribution in [0.2, 0.25) is 0 Å². The number of anilines is 3. The Morgan fingerprint density at radius 1 is 0.476 bits per heavy atom. The van der Waals surface area contributed by atoms with E-state index in [0.717, 1.165) is 218 Å². The summed E-state index contributed by atoms with van der Waals surface area (Å²) in [6, 6.07) is 25.2. The van der Waals surface area contributed by atoms with Crippen molar-refractivity contribution in [1.29, 1.82) is 0 Å². The number of aryl methyl sites for hydroxylation is 9. The largest absolute Gasteiger partial charge is 0.395 e. The zero-order valence-corrected chi connectivity index (χ0v) is 72.5. The van der Waals surface area contributed by atoms with Crippen molar-refractivity contribution < 1.29 is 5.11 Å². The lowest BCUT2D eigenvalue weighted by atomic mass is 9.91. The van der Waals surface area contributed by atoms with Crippen LogP contribution in [0, 0.1) is 62.3 Å². The van der Waals surface area contributed by atoms with Gasteiger partial charge in [0.05, 0.1) is 133 Å². The Labute approximate surface area is 715 Å². The lowest BCUT2D eigenvalue weighted by Gasteiger charge is -2.38. The molecule has 0 spiro atoms. The van der Waals surface area contributed by atoms with Crippen molar-refractivity contribution in [1.82, 2.24) is 111 Å². The number of aliphatic hydroxyl groups is 1. The van der Waals surface area contributed by atoms with Crippen molar-refractivity contribution >= 4 is 61.8 Å². The van der Waals surface area contributed by atoms with Gasteiger partial charge in [0.15, 0.2) is 5.65 Å². The van der Waals surface area contributed by atoms with Crippen LogP contribution in [0.25, 0.3) is 90.2 Å². The number of nitrogens with two attached hydrogens (primary N) is 1. The summed E-state index contributed by atoms with van der Waals surface area (Å²) < 4.78 is 13.9. The van der Waals surface area contributed by atoms with E-state index < -0.39 is 0 Å². The number of hydrogen-bond acceptors (Lipinski definition) is 24. The highest BCUT2D eigenvalue weighted by atomic mass is 16.3. The number of piperidine rings is 4. The number of hydrogen-bond donors (Lipinski definition) is 4. The number of aromatic nitrogens is 20. The number of likely N-dealkylation sites (N-methyl/N-ethyl adjacent to an activating group) is 1. The second-order valence-electron chi connectivity index (χ2n) is 34.1. The van der Waals surface area contributed by atoms with E-state index in [0.29, 0.717) is 87.0 Å².